The first-order chi connectivity index (χ1) is 5.74. The molecular weight excluding hydrogens is 172 g/mol. The van der Waals surface area contributed by atoms with Crippen LogP contribution in [0.15, 0.2) is 0 Å². The number of aromatic nitrogens is 3. The smallest absolute Gasteiger partial charge is 0.215 e. The summed E-state index contributed by atoms with van der Waals surface area (Å²) in [6, 6.07) is 0. The van der Waals surface area contributed by atoms with Crippen LogP contribution in [0, 0.1) is 11.7 Å². The van der Waals surface area contributed by atoms with Crippen LogP contribution in [0.25, 0.3) is 0 Å². The van der Waals surface area contributed by atoms with Gasteiger partial charge in [0.05, 0.1) is 5.69 Å². The molecule has 4 nitrogen and oxygen atoms in total. The Morgan fingerprint density at radius 1 is 1.58 bits per heavy atom. The van der Waals surface area contributed by atoms with Crippen LogP contribution in [0.2, 0.25) is 0 Å². The molecule has 1 aromatic rings. The zero-order chi connectivity index (χ0) is 8.97. The van der Waals surface area contributed by atoms with Crippen LogP contribution in [0.3, 0.4) is 0 Å². The number of anilines is 1. The highest BCUT2D eigenvalue weighted by molar-refractivity contribution is 7.71. The van der Waals surface area contributed by atoms with E-state index in [1.165, 1.54) is 0 Å². The van der Waals surface area contributed by atoms with Crippen LogP contribution < -0.4 is 5.32 Å². The number of nitrogens with one attached hydrogen (secondary N) is 2. The van der Waals surface area contributed by atoms with Gasteiger partial charge in [-0.25, -0.2) is 0 Å². The van der Waals surface area contributed by atoms with E-state index in [9.17, 15) is 0 Å². The maximum Gasteiger partial charge on any atom is 0.215 e. The minimum Gasteiger partial charge on any atom is -0.368 e. The van der Waals surface area contributed by atoms with Crippen molar-refractivity contribution in [2.24, 2.45) is 0 Å². The van der Waals surface area contributed by atoms with Crippen molar-refractivity contribution in [1.82, 2.24) is 15.2 Å². The summed E-state index contributed by atoms with van der Waals surface area (Å²) < 4.78 is 0.416. The van der Waals surface area contributed by atoms with Crippen LogP contribution in [0.5, 0.6) is 0 Å². The molecule has 0 atom stereocenters. The first-order valence-corrected chi connectivity index (χ1v) is 4.32. The third-order valence-corrected chi connectivity index (χ3v) is 1.60. The first kappa shape index (κ1) is 9.12. The molecule has 1 heterocycles. The fraction of sp³-hybridized carbons (Fsp3) is 0.571. The fourth-order valence-electron chi connectivity index (χ4n) is 0.803. The molecule has 0 saturated heterocycles. The Bertz CT molecular complexity index is 307. The molecule has 0 radical (unpaired) electrons. The third-order valence-electron chi connectivity index (χ3n) is 1.42. The van der Waals surface area contributed by atoms with Gasteiger partial charge >= 0.3 is 0 Å². The highest BCUT2D eigenvalue weighted by Gasteiger charge is 1.98. The predicted octanol–water partition coefficient (Wildman–Crippen LogP) is 1.66. The second kappa shape index (κ2) is 4.15. The molecule has 1 rings (SSSR count). The van der Waals surface area contributed by atoms with Gasteiger partial charge in [-0.15, -0.1) is 0 Å². The number of H-pyrrole nitrogens is 1. The lowest BCUT2D eigenvalue weighted by atomic mass is 10.4. The predicted molar refractivity (Wildman–Crippen MR) is 50.7 cm³/mol. The molecule has 0 unspecified atom stereocenters. The van der Waals surface area contributed by atoms with E-state index in [0.717, 1.165) is 24.5 Å². The average molecular weight is 184 g/mol. The number of nitrogens with zero attached hydrogens (tertiary/aromatic N) is 2. The lowest BCUT2D eigenvalue weighted by Crippen LogP contribution is -2.06. The summed E-state index contributed by atoms with van der Waals surface area (Å²) in [5.41, 5.74) is 0.844. The van der Waals surface area contributed by atoms with Crippen LogP contribution in [0.4, 0.5) is 5.82 Å². The Kier molecular flexibility index (Phi) is 3.16. The summed E-state index contributed by atoms with van der Waals surface area (Å²) in [5, 5.41) is 9.75. The van der Waals surface area contributed by atoms with Crippen LogP contribution >= 0.6 is 12.2 Å². The Balaban J connectivity index is 2.82. The highest BCUT2D eigenvalue weighted by Crippen LogP contribution is 2.04. The highest BCUT2D eigenvalue weighted by atomic mass is 32.1. The second-order valence-electron chi connectivity index (χ2n) is 2.50. The third kappa shape index (κ3) is 2.27. The van der Waals surface area contributed by atoms with E-state index in [1.807, 2.05) is 6.92 Å². The molecular formula is C7H12N4S. The quantitative estimate of drug-likeness (QED) is 0.701. The normalized spacial score (nSPS) is 9.83. The van der Waals surface area contributed by atoms with Crippen LogP contribution in [0.1, 0.15) is 19.0 Å². The molecule has 1 aromatic heterocycles. The lowest BCUT2D eigenvalue weighted by Gasteiger charge is -2.04. The van der Waals surface area contributed by atoms with Crippen LogP contribution in [-0.2, 0) is 0 Å². The molecule has 0 aliphatic carbocycles. The molecule has 0 aromatic carbocycles. The van der Waals surface area contributed by atoms with Crippen molar-refractivity contribution in [1.29, 1.82) is 0 Å². The van der Waals surface area contributed by atoms with E-state index in [4.69, 9.17) is 12.2 Å². The number of aryl methyl sites for hydroxylation is 1. The molecule has 5 heteroatoms. The van der Waals surface area contributed by atoms with Gasteiger partial charge in [-0.2, -0.15) is 10.1 Å². The van der Waals surface area contributed by atoms with Gasteiger partial charge in [-0.1, -0.05) is 6.92 Å². The van der Waals surface area contributed by atoms with Crippen molar-refractivity contribution in [3.63, 3.8) is 0 Å². The fourth-order valence-corrected chi connectivity index (χ4v) is 0.940. The second-order valence-corrected chi connectivity index (χ2v) is 2.89. The maximum atomic E-state index is 4.84. The van der Waals surface area contributed by atoms with Gasteiger partial charge in [0.15, 0.2) is 5.82 Å². The van der Waals surface area contributed by atoms with Crippen molar-refractivity contribution >= 4 is 18.0 Å². The van der Waals surface area contributed by atoms with Gasteiger partial charge in [0, 0.05) is 6.54 Å². The number of rotatable bonds is 3. The van der Waals surface area contributed by atoms with Gasteiger partial charge in [-0.05, 0) is 25.6 Å². The van der Waals surface area contributed by atoms with Gasteiger partial charge in [-0.3, -0.25) is 5.10 Å². The molecule has 2 N–H and O–H groups in total. The first-order valence-electron chi connectivity index (χ1n) is 3.91. The molecule has 0 saturated carbocycles. The van der Waals surface area contributed by atoms with Crippen molar-refractivity contribution in [3.05, 3.63) is 10.5 Å². The van der Waals surface area contributed by atoms with Gasteiger partial charge < -0.3 is 5.32 Å². The zero-order valence-corrected chi connectivity index (χ0v) is 8.03. The topological polar surface area (TPSA) is 53.6 Å². The van der Waals surface area contributed by atoms with E-state index in [2.05, 4.69) is 27.4 Å². The van der Waals surface area contributed by atoms with E-state index in [-0.39, 0.29) is 0 Å². The van der Waals surface area contributed by atoms with Crippen molar-refractivity contribution in [2.45, 2.75) is 20.3 Å². The van der Waals surface area contributed by atoms with E-state index < -0.39 is 0 Å². The molecule has 66 valence electrons. The molecule has 0 spiro atoms. The summed E-state index contributed by atoms with van der Waals surface area (Å²) in [6.07, 6.45) is 1.06. The van der Waals surface area contributed by atoms with E-state index >= 15 is 0 Å². The Morgan fingerprint density at radius 2 is 2.33 bits per heavy atom. The summed E-state index contributed by atoms with van der Waals surface area (Å²) in [6.45, 7) is 4.88. The lowest BCUT2D eigenvalue weighted by molar-refractivity contribution is 0.889. The van der Waals surface area contributed by atoms with Gasteiger partial charge in [0.2, 0.25) is 4.77 Å². The molecule has 0 fully saturated rings. The maximum absolute atomic E-state index is 4.84. The van der Waals surface area contributed by atoms with Gasteiger partial charge in [0.25, 0.3) is 0 Å². The molecule has 0 aliphatic heterocycles. The number of aromatic amines is 1. The van der Waals surface area contributed by atoms with Crippen LogP contribution in [-0.4, -0.2) is 21.7 Å². The van der Waals surface area contributed by atoms with Gasteiger partial charge in [0.1, 0.15) is 0 Å². The number of hydrogen-bond acceptors (Lipinski definition) is 4. The monoisotopic (exact) mass is 184 g/mol. The Hall–Kier alpha value is -0.970. The van der Waals surface area contributed by atoms with E-state index in [0.29, 0.717) is 4.77 Å². The summed E-state index contributed by atoms with van der Waals surface area (Å²) >= 11 is 4.84. The largest absolute Gasteiger partial charge is 0.368 e. The summed E-state index contributed by atoms with van der Waals surface area (Å²) in [5.74, 6) is 0.778. The Labute approximate surface area is 76.4 Å². The van der Waals surface area contributed by atoms with Crippen molar-refractivity contribution in [3.8, 4) is 0 Å². The molecule has 0 amide bonds. The Morgan fingerprint density at radius 3 is 3.00 bits per heavy atom. The summed E-state index contributed by atoms with van der Waals surface area (Å²) in [7, 11) is 0. The molecule has 0 aliphatic rings. The molecule has 0 bridgehead atoms. The number of hydrogen-bond donors (Lipinski definition) is 2. The summed E-state index contributed by atoms with van der Waals surface area (Å²) in [4.78, 5) is 4.10. The average Bonchev–Trinajstić information content (AvgIpc) is 2.07. The minimum atomic E-state index is 0.416. The molecule has 12 heavy (non-hydrogen) atoms. The zero-order valence-electron chi connectivity index (χ0n) is 7.22. The minimum absolute atomic E-state index is 0.416. The van der Waals surface area contributed by atoms with Crippen molar-refractivity contribution in [2.75, 3.05) is 11.9 Å². The standard InChI is InChI=1S/C7H12N4S/c1-3-4-8-6-5(2)10-11-7(12)9-6/h3-4H2,1-2H3,(H2,8,9,11,12). The van der Waals surface area contributed by atoms with E-state index in [1.54, 1.807) is 0 Å². The SMILES string of the molecule is CCCNc1nc(=S)[nH]nc1C. The van der Waals surface area contributed by atoms with Crippen molar-refractivity contribution < 1.29 is 0 Å².